The molecule has 0 spiro atoms. The topological polar surface area (TPSA) is 48.3 Å². The van der Waals surface area contributed by atoms with Crippen molar-refractivity contribution in [2.24, 2.45) is 0 Å². The third-order valence-corrected chi connectivity index (χ3v) is 2.48. The standard InChI is InChI=1S/C12H16ClNO3/c1-2-3-4-7-17-12(16)9-14-8-10(13)5-6-11(14)15/h5-6,8H,2-4,7,9H2,1H3. The first-order valence-corrected chi connectivity index (χ1v) is 6.03. The normalized spacial score (nSPS) is 10.2. The molecule has 1 rings (SSSR count). The second-order valence-corrected chi connectivity index (χ2v) is 4.18. The van der Waals surface area contributed by atoms with Crippen LogP contribution in [0.15, 0.2) is 23.1 Å². The number of nitrogens with zero attached hydrogens (tertiary/aromatic N) is 1. The van der Waals surface area contributed by atoms with Crippen LogP contribution in [0.2, 0.25) is 5.02 Å². The van der Waals surface area contributed by atoms with E-state index in [-0.39, 0.29) is 12.1 Å². The minimum atomic E-state index is -0.412. The first kappa shape index (κ1) is 13.8. The quantitative estimate of drug-likeness (QED) is 0.580. The van der Waals surface area contributed by atoms with E-state index in [9.17, 15) is 9.59 Å². The van der Waals surface area contributed by atoms with Crippen molar-refractivity contribution in [1.29, 1.82) is 0 Å². The van der Waals surface area contributed by atoms with Crippen molar-refractivity contribution in [2.45, 2.75) is 32.7 Å². The Morgan fingerprint density at radius 1 is 1.41 bits per heavy atom. The van der Waals surface area contributed by atoms with E-state index in [4.69, 9.17) is 16.3 Å². The van der Waals surface area contributed by atoms with Crippen LogP contribution in [0.4, 0.5) is 0 Å². The number of pyridine rings is 1. The fourth-order valence-corrected chi connectivity index (χ4v) is 1.53. The number of esters is 1. The van der Waals surface area contributed by atoms with Crippen LogP contribution in [0.5, 0.6) is 0 Å². The number of hydrogen-bond donors (Lipinski definition) is 0. The Labute approximate surface area is 105 Å². The summed E-state index contributed by atoms with van der Waals surface area (Å²) in [6.45, 7) is 2.39. The van der Waals surface area contributed by atoms with Crippen molar-refractivity contribution in [3.63, 3.8) is 0 Å². The summed E-state index contributed by atoms with van der Waals surface area (Å²) >= 11 is 5.73. The van der Waals surface area contributed by atoms with Crippen LogP contribution < -0.4 is 5.56 Å². The van der Waals surface area contributed by atoms with E-state index < -0.39 is 5.97 Å². The van der Waals surface area contributed by atoms with Gasteiger partial charge >= 0.3 is 5.97 Å². The van der Waals surface area contributed by atoms with E-state index in [0.717, 1.165) is 19.3 Å². The molecule has 0 saturated carbocycles. The monoisotopic (exact) mass is 257 g/mol. The lowest BCUT2D eigenvalue weighted by atomic mass is 10.3. The minimum Gasteiger partial charge on any atom is -0.464 e. The zero-order valence-electron chi connectivity index (χ0n) is 9.82. The van der Waals surface area contributed by atoms with Gasteiger partial charge in [0, 0.05) is 12.3 Å². The Balaban J connectivity index is 2.45. The van der Waals surface area contributed by atoms with Crippen LogP contribution in [-0.2, 0) is 16.1 Å². The molecule has 1 aromatic rings. The van der Waals surface area contributed by atoms with Gasteiger partial charge in [0.1, 0.15) is 6.54 Å². The van der Waals surface area contributed by atoms with E-state index in [1.165, 1.54) is 22.9 Å². The molecule has 1 heterocycles. The van der Waals surface area contributed by atoms with E-state index in [0.29, 0.717) is 11.6 Å². The fraction of sp³-hybridized carbons (Fsp3) is 0.500. The lowest BCUT2D eigenvalue weighted by Crippen LogP contribution is -2.24. The molecule has 0 atom stereocenters. The largest absolute Gasteiger partial charge is 0.464 e. The third kappa shape index (κ3) is 5.04. The van der Waals surface area contributed by atoms with E-state index in [1.54, 1.807) is 0 Å². The van der Waals surface area contributed by atoms with Crippen molar-refractivity contribution >= 4 is 17.6 Å². The van der Waals surface area contributed by atoms with Crippen molar-refractivity contribution in [3.05, 3.63) is 33.7 Å². The summed E-state index contributed by atoms with van der Waals surface area (Å²) in [5.41, 5.74) is -0.264. The lowest BCUT2D eigenvalue weighted by Gasteiger charge is -2.06. The number of halogens is 1. The smallest absolute Gasteiger partial charge is 0.326 e. The molecule has 4 nitrogen and oxygen atoms in total. The molecule has 0 radical (unpaired) electrons. The summed E-state index contributed by atoms with van der Waals surface area (Å²) in [4.78, 5) is 22.8. The summed E-state index contributed by atoms with van der Waals surface area (Å²) in [6, 6.07) is 2.82. The fourth-order valence-electron chi connectivity index (χ4n) is 1.35. The number of carbonyl (C=O) groups excluding carboxylic acids is 1. The molecule has 0 bridgehead atoms. The highest BCUT2D eigenvalue weighted by molar-refractivity contribution is 6.30. The maximum absolute atomic E-state index is 11.4. The molecule has 0 amide bonds. The summed E-state index contributed by atoms with van der Waals surface area (Å²) in [5.74, 6) is -0.412. The van der Waals surface area contributed by atoms with Gasteiger partial charge in [-0.25, -0.2) is 0 Å². The van der Waals surface area contributed by atoms with Gasteiger partial charge in [0.05, 0.1) is 11.6 Å². The van der Waals surface area contributed by atoms with Gasteiger partial charge < -0.3 is 9.30 Å². The molecular weight excluding hydrogens is 242 g/mol. The zero-order valence-corrected chi connectivity index (χ0v) is 10.6. The van der Waals surface area contributed by atoms with Crippen molar-refractivity contribution in [1.82, 2.24) is 4.57 Å². The van der Waals surface area contributed by atoms with Crippen molar-refractivity contribution in [2.75, 3.05) is 6.61 Å². The van der Waals surface area contributed by atoms with Crippen LogP contribution in [0, 0.1) is 0 Å². The Kier molecular flexibility index (Phi) is 5.77. The molecule has 5 heteroatoms. The van der Waals surface area contributed by atoms with Gasteiger partial charge in [0.25, 0.3) is 5.56 Å². The third-order valence-electron chi connectivity index (χ3n) is 2.26. The molecule has 17 heavy (non-hydrogen) atoms. The second-order valence-electron chi connectivity index (χ2n) is 3.74. The minimum absolute atomic E-state index is 0.0917. The van der Waals surface area contributed by atoms with Crippen LogP contribution in [0.1, 0.15) is 26.2 Å². The Morgan fingerprint density at radius 3 is 2.88 bits per heavy atom. The number of ether oxygens (including phenoxy) is 1. The number of unbranched alkanes of at least 4 members (excludes halogenated alkanes) is 2. The molecule has 0 unspecified atom stereocenters. The van der Waals surface area contributed by atoms with E-state index in [1.807, 2.05) is 0 Å². The molecular formula is C12H16ClNO3. The Bertz CT molecular complexity index is 428. The average molecular weight is 258 g/mol. The lowest BCUT2D eigenvalue weighted by molar-refractivity contribution is -0.144. The molecule has 0 aliphatic heterocycles. The van der Waals surface area contributed by atoms with Crippen LogP contribution >= 0.6 is 11.6 Å². The van der Waals surface area contributed by atoms with Gasteiger partial charge in [-0.3, -0.25) is 9.59 Å². The second kappa shape index (κ2) is 7.12. The molecule has 0 N–H and O–H groups in total. The maximum Gasteiger partial charge on any atom is 0.326 e. The van der Waals surface area contributed by atoms with Gasteiger partial charge in [-0.15, -0.1) is 0 Å². The summed E-state index contributed by atoms with van der Waals surface area (Å²) in [5, 5.41) is 0.420. The van der Waals surface area contributed by atoms with E-state index >= 15 is 0 Å². The summed E-state index contributed by atoms with van der Waals surface area (Å²) in [7, 11) is 0. The summed E-state index contributed by atoms with van der Waals surface area (Å²) < 4.78 is 6.24. The molecule has 0 aliphatic carbocycles. The molecule has 0 aromatic carbocycles. The molecule has 0 aliphatic rings. The number of rotatable bonds is 6. The molecule has 94 valence electrons. The van der Waals surface area contributed by atoms with Crippen molar-refractivity contribution < 1.29 is 9.53 Å². The molecule has 0 fully saturated rings. The van der Waals surface area contributed by atoms with E-state index in [2.05, 4.69) is 6.92 Å². The van der Waals surface area contributed by atoms with Crippen molar-refractivity contribution in [3.8, 4) is 0 Å². The predicted octanol–water partition coefficient (Wildman–Crippen LogP) is 2.24. The number of hydrogen-bond acceptors (Lipinski definition) is 3. The highest BCUT2D eigenvalue weighted by atomic mass is 35.5. The van der Waals surface area contributed by atoms with Gasteiger partial charge in [0.15, 0.2) is 0 Å². The Morgan fingerprint density at radius 2 is 2.18 bits per heavy atom. The van der Waals surface area contributed by atoms with Gasteiger partial charge in [0.2, 0.25) is 0 Å². The molecule has 1 aromatic heterocycles. The van der Waals surface area contributed by atoms with Gasteiger partial charge in [-0.05, 0) is 12.5 Å². The Hall–Kier alpha value is -1.29. The van der Waals surface area contributed by atoms with Crippen LogP contribution in [0.25, 0.3) is 0 Å². The first-order valence-electron chi connectivity index (χ1n) is 5.65. The van der Waals surface area contributed by atoms with Crippen LogP contribution in [-0.4, -0.2) is 17.1 Å². The average Bonchev–Trinajstić information content (AvgIpc) is 2.29. The highest BCUT2D eigenvalue weighted by Crippen LogP contribution is 2.03. The highest BCUT2D eigenvalue weighted by Gasteiger charge is 2.05. The maximum atomic E-state index is 11.4. The summed E-state index contributed by atoms with van der Waals surface area (Å²) in [6.07, 6.45) is 4.39. The first-order chi connectivity index (χ1) is 8.13. The SMILES string of the molecule is CCCCCOC(=O)Cn1cc(Cl)ccc1=O. The predicted molar refractivity (Wildman–Crippen MR) is 66.2 cm³/mol. The number of carbonyl (C=O) groups is 1. The van der Waals surface area contributed by atoms with Crippen LogP contribution in [0.3, 0.4) is 0 Å². The van der Waals surface area contributed by atoms with Gasteiger partial charge in [-0.1, -0.05) is 31.4 Å². The zero-order chi connectivity index (χ0) is 12.7. The number of aromatic nitrogens is 1. The molecule has 0 saturated heterocycles. The van der Waals surface area contributed by atoms with Gasteiger partial charge in [-0.2, -0.15) is 0 Å².